The predicted octanol–water partition coefficient (Wildman–Crippen LogP) is 1.64. The number of rotatable bonds is 4. The van der Waals surface area contributed by atoms with Crippen molar-refractivity contribution in [2.75, 3.05) is 0 Å². The van der Waals surface area contributed by atoms with Gasteiger partial charge in [-0.3, -0.25) is 9.59 Å². The molecule has 0 aromatic carbocycles. The zero-order valence-corrected chi connectivity index (χ0v) is 11.1. The van der Waals surface area contributed by atoms with E-state index >= 15 is 0 Å². The molecule has 2 rings (SSSR count). The van der Waals surface area contributed by atoms with Gasteiger partial charge in [0.25, 0.3) is 5.56 Å². The molecule has 0 saturated heterocycles. The van der Waals surface area contributed by atoms with Gasteiger partial charge in [0, 0.05) is 26.0 Å². The summed E-state index contributed by atoms with van der Waals surface area (Å²) in [6, 6.07) is 1.68. The molecule has 0 spiro atoms. The smallest absolute Gasteiger partial charge is 0.266 e. The van der Waals surface area contributed by atoms with Crippen LogP contribution in [0.5, 0.6) is 0 Å². The second-order valence-electron chi connectivity index (χ2n) is 5.18. The molecule has 1 aliphatic carbocycles. The van der Waals surface area contributed by atoms with Crippen molar-refractivity contribution in [3.63, 3.8) is 0 Å². The Labute approximate surface area is 107 Å². The molecule has 1 heterocycles. The van der Waals surface area contributed by atoms with E-state index in [0.717, 1.165) is 36.9 Å². The van der Waals surface area contributed by atoms with Crippen LogP contribution >= 0.6 is 0 Å². The monoisotopic (exact) mass is 248 g/mol. The molecule has 18 heavy (non-hydrogen) atoms. The minimum Gasteiger partial charge on any atom is -0.300 e. The number of fused-ring (bicyclic) bond motifs is 1. The van der Waals surface area contributed by atoms with Gasteiger partial charge >= 0.3 is 0 Å². The first-order valence-electron chi connectivity index (χ1n) is 6.68. The van der Waals surface area contributed by atoms with Crippen LogP contribution in [0, 0.1) is 5.92 Å². The number of carbonyl (C=O) groups excluding carboxylic acids is 1. The third-order valence-corrected chi connectivity index (χ3v) is 3.60. The Hall–Kier alpha value is -1.45. The SMILES string of the molecule is CCCC(=O)CC1CCc2nn(C)c(=O)cc2C1. The molecule has 4 nitrogen and oxygen atoms in total. The van der Waals surface area contributed by atoms with Crippen molar-refractivity contribution in [2.45, 2.75) is 45.4 Å². The Kier molecular flexibility index (Phi) is 3.94. The molecule has 0 saturated carbocycles. The lowest BCUT2D eigenvalue weighted by Crippen LogP contribution is -2.26. The molecular weight excluding hydrogens is 228 g/mol. The van der Waals surface area contributed by atoms with E-state index in [0.29, 0.717) is 24.5 Å². The van der Waals surface area contributed by atoms with E-state index in [-0.39, 0.29) is 5.56 Å². The van der Waals surface area contributed by atoms with E-state index in [1.54, 1.807) is 13.1 Å². The van der Waals surface area contributed by atoms with E-state index in [2.05, 4.69) is 5.10 Å². The number of carbonyl (C=O) groups is 1. The zero-order valence-electron chi connectivity index (χ0n) is 11.1. The highest BCUT2D eigenvalue weighted by atomic mass is 16.1. The standard InChI is InChI=1S/C14H20N2O2/c1-3-4-12(17)8-10-5-6-13-11(7-10)9-14(18)16(2)15-13/h9-10H,3-8H2,1-2H3. The number of Topliss-reactive ketones (excluding diaryl/α,β-unsaturated/α-hetero) is 1. The van der Waals surface area contributed by atoms with Crippen molar-refractivity contribution in [1.29, 1.82) is 0 Å². The predicted molar refractivity (Wildman–Crippen MR) is 69.5 cm³/mol. The third-order valence-electron chi connectivity index (χ3n) is 3.60. The van der Waals surface area contributed by atoms with Crippen molar-refractivity contribution in [3.05, 3.63) is 27.7 Å². The van der Waals surface area contributed by atoms with Crippen LogP contribution in [0.2, 0.25) is 0 Å². The van der Waals surface area contributed by atoms with Crippen LogP contribution in [0.4, 0.5) is 0 Å². The normalized spacial score (nSPS) is 18.4. The summed E-state index contributed by atoms with van der Waals surface area (Å²) in [6.45, 7) is 2.03. The molecule has 0 amide bonds. The van der Waals surface area contributed by atoms with E-state index in [9.17, 15) is 9.59 Å². The maximum atomic E-state index is 11.7. The highest BCUT2D eigenvalue weighted by molar-refractivity contribution is 5.78. The van der Waals surface area contributed by atoms with Crippen molar-refractivity contribution in [1.82, 2.24) is 9.78 Å². The average Bonchev–Trinajstić information content (AvgIpc) is 2.31. The first kappa shape index (κ1) is 13.0. The Morgan fingerprint density at radius 2 is 2.33 bits per heavy atom. The first-order chi connectivity index (χ1) is 8.60. The van der Waals surface area contributed by atoms with E-state index in [1.807, 2.05) is 6.92 Å². The summed E-state index contributed by atoms with van der Waals surface area (Å²) in [7, 11) is 1.68. The molecule has 98 valence electrons. The molecule has 0 N–H and O–H groups in total. The summed E-state index contributed by atoms with van der Waals surface area (Å²) >= 11 is 0. The van der Waals surface area contributed by atoms with E-state index < -0.39 is 0 Å². The summed E-state index contributed by atoms with van der Waals surface area (Å²) in [6.07, 6.45) is 4.97. The molecular formula is C14H20N2O2. The molecule has 4 heteroatoms. The van der Waals surface area contributed by atoms with Gasteiger partial charge in [-0.05, 0) is 37.2 Å². The molecule has 0 bridgehead atoms. The molecule has 0 fully saturated rings. The van der Waals surface area contributed by atoms with Gasteiger partial charge in [-0.2, -0.15) is 5.10 Å². The Balaban J connectivity index is 2.08. The van der Waals surface area contributed by atoms with Crippen molar-refractivity contribution >= 4 is 5.78 Å². The van der Waals surface area contributed by atoms with Gasteiger partial charge in [-0.1, -0.05) is 6.92 Å². The number of hydrogen-bond acceptors (Lipinski definition) is 3. The van der Waals surface area contributed by atoms with Gasteiger partial charge in [0.05, 0.1) is 5.69 Å². The molecule has 1 atom stereocenters. The van der Waals surface area contributed by atoms with Gasteiger partial charge in [0.15, 0.2) is 0 Å². The van der Waals surface area contributed by atoms with Crippen LogP contribution in [0.1, 0.15) is 43.9 Å². The third kappa shape index (κ3) is 2.86. The molecule has 0 radical (unpaired) electrons. The maximum Gasteiger partial charge on any atom is 0.266 e. The number of nitrogens with zero attached hydrogens (tertiary/aromatic N) is 2. The highest BCUT2D eigenvalue weighted by Crippen LogP contribution is 2.25. The fourth-order valence-electron chi connectivity index (χ4n) is 2.64. The highest BCUT2D eigenvalue weighted by Gasteiger charge is 2.22. The fraction of sp³-hybridized carbons (Fsp3) is 0.643. The summed E-state index contributed by atoms with van der Waals surface area (Å²) in [4.78, 5) is 23.2. The maximum absolute atomic E-state index is 11.7. The molecule has 1 aliphatic rings. The Morgan fingerprint density at radius 3 is 3.06 bits per heavy atom. The Bertz CT molecular complexity index is 505. The van der Waals surface area contributed by atoms with Crippen molar-refractivity contribution in [2.24, 2.45) is 13.0 Å². The van der Waals surface area contributed by atoms with Gasteiger partial charge < -0.3 is 0 Å². The van der Waals surface area contributed by atoms with Crippen LogP contribution in [-0.2, 0) is 24.7 Å². The van der Waals surface area contributed by atoms with Crippen LogP contribution in [0.25, 0.3) is 0 Å². The summed E-state index contributed by atoms with van der Waals surface area (Å²) in [5.74, 6) is 0.744. The Morgan fingerprint density at radius 1 is 1.56 bits per heavy atom. The largest absolute Gasteiger partial charge is 0.300 e. The van der Waals surface area contributed by atoms with E-state index in [1.165, 1.54) is 4.68 Å². The lowest BCUT2D eigenvalue weighted by Gasteiger charge is -2.23. The lowest BCUT2D eigenvalue weighted by atomic mass is 9.83. The fourth-order valence-corrected chi connectivity index (χ4v) is 2.64. The number of ketones is 1. The minimum absolute atomic E-state index is 0.0608. The van der Waals surface area contributed by atoms with Crippen LogP contribution < -0.4 is 5.56 Å². The number of aromatic nitrogens is 2. The summed E-state index contributed by atoms with van der Waals surface area (Å²) < 4.78 is 1.39. The van der Waals surface area contributed by atoms with Gasteiger partial charge in [0.2, 0.25) is 0 Å². The van der Waals surface area contributed by atoms with Crippen molar-refractivity contribution < 1.29 is 4.79 Å². The van der Waals surface area contributed by atoms with Crippen molar-refractivity contribution in [3.8, 4) is 0 Å². The molecule has 1 aromatic heterocycles. The van der Waals surface area contributed by atoms with Gasteiger partial charge in [0.1, 0.15) is 5.78 Å². The zero-order chi connectivity index (χ0) is 13.1. The second kappa shape index (κ2) is 5.46. The first-order valence-corrected chi connectivity index (χ1v) is 6.68. The number of hydrogen-bond donors (Lipinski definition) is 0. The number of aryl methyl sites for hydroxylation is 2. The lowest BCUT2D eigenvalue weighted by molar-refractivity contribution is -0.120. The molecule has 1 aromatic rings. The second-order valence-corrected chi connectivity index (χ2v) is 5.18. The minimum atomic E-state index is -0.0608. The quantitative estimate of drug-likeness (QED) is 0.814. The molecule has 0 aliphatic heterocycles. The van der Waals surface area contributed by atoms with Gasteiger partial charge in [-0.15, -0.1) is 0 Å². The van der Waals surface area contributed by atoms with Crippen LogP contribution in [-0.4, -0.2) is 15.6 Å². The summed E-state index contributed by atoms with van der Waals surface area (Å²) in [5.41, 5.74) is 2.00. The van der Waals surface area contributed by atoms with Gasteiger partial charge in [-0.25, -0.2) is 4.68 Å². The summed E-state index contributed by atoms with van der Waals surface area (Å²) in [5, 5.41) is 4.28. The molecule has 1 unspecified atom stereocenters. The average molecular weight is 248 g/mol. The van der Waals surface area contributed by atoms with E-state index in [4.69, 9.17) is 0 Å². The van der Waals surface area contributed by atoms with Crippen LogP contribution in [0.3, 0.4) is 0 Å². The topological polar surface area (TPSA) is 52.0 Å². The van der Waals surface area contributed by atoms with Crippen LogP contribution in [0.15, 0.2) is 10.9 Å².